The number of rotatable bonds is 4. The highest BCUT2D eigenvalue weighted by molar-refractivity contribution is 7.37. The van der Waals surface area contributed by atoms with Gasteiger partial charge in [-0.3, -0.25) is 4.90 Å². The van der Waals surface area contributed by atoms with Crippen molar-refractivity contribution in [3.63, 3.8) is 0 Å². The molecule has 0 amide bonds. The van der Waals surface area contributed by atoms with Crippen molar-refractivity contribution < 1.29 is 14.2 Å². The van der Waals surface area contributed by atoms with Gasteiger partial charge in [-0.05, 0) is 0 Å². The van der Waals surface area contributed by atoms with Crippen LogP contribution in [0.2, 0.25) is 0 Å². The third-order valence-electron chi connectivity index (χ3n) is 2.26. The van der Waals surface area contributed by atoms with Gasteiger partial charge in [-0.25, -0.2) is 0 Å². The van der Waals surface area contributed by atoms with Gasteiger partial charge in [0, 0.05) is 19.5 Å². The summed E-state index contributed by atoms with van der Waals surface area (Å²) in [6.45, 7) is 4.81. The lowest BCUT2D eigenvalue weighted by Crippen LogP contribution is -2.42. The standard InChI is InChI=1S/C8H16NO3P/c1-2-3-8(13(10)11)9-4-6-12-7-5-9/h8H,2-7H2,1H3. The molecule has 76 valence electrons. The molecule has 0 radical (unpaired) electrons. The maximum atomic E-state index is 10.9. The summed E-state index contributed by atoms with van der Waals surface area (Å²) in [5.74, 6) is -0.274. The molecule has 1 aliphatic heterocycles. The normalized spacial score (nSPS) is 22.8. The molecule has 1 fully saturated rings. The molecule has 0 aromatic heterocycles. The van der Waals surface area contributed by atoms with Crippen molar-refractivity contribution in [2.45, 2.75) is 25.5 Å². The third kappa shape index (κ3) is 3.31. The van der Waals surface area contributed by atoms with Crippen LogP contribution in [0.5, 0.6) is 0 Å². The maximum Gasteiger partial charge on any atom is 0.328 e. The molecule has 0 bridgehead atoms. The molecule has 13 heavy (non-hydrogen) atoms. The van der Waals surface area contributed by atoms with Crippen LogP contribution in [0.25, 0.3) is 0 Å². The molecule has 4 nitrogen and oxygen atoms in total. The molecule has 1 heterocycles. The number of ether oxygens (including phenoxy) is 1. The highest BCUT2D eigenvalue weighted by atomic mass is 31.1. The lowest BCUT2D eigenvalue weighted by Gasteiger charge is -2.29. The zero-order valence-corrected chi connectivity index (χ0v) is 8.83. The average Bonchev–Trinajstić information content (AvgIpc) is 2.15. The van der Waals surface area contributed by atoms with E-state index in [1.165, 1.54) is 0 Å². The van der Waals surface area contributed by atoms with E-state index in [0.29, 0.717) is 13.2 Å². The summed E-state index contributed by atoms with van der Waals surface area (Å²) < 4.78 is 16.1. The van der Waals surface area contributed by atoms with Crippen LogP contribution in [0.1, 0.15) is 19.8 Å². The summed E-state index contributed by atoms with van der Waals surface area (Å²) in [7, 11) is -2.32. The van der Waals surface area contributed by atoms with Crippen molar-refractivity contribution in [1.82, 2.24) is 4.90 Å². The van der Waals surface area contributed by atoms with Gasteiger partial charge in [-0.1, -0.05) is 17.9 Å². The predicted octanol–water partition coefficient (Wildman–Crippen LogP) is 0.547. The summed E-state index contributed by atoms with van der Waals surface area (Å²) in [5.41, 5.74) is 0. The predicted molar refractivity (Wildman–Crippen MR) is 48.7 cm³/mol. The van der Waals surface area contributed by atoms with E-state index in [-0.39, 0.29) is 5.78 Å². The molecule has 0 spiro atoms. The number of hydrogen-bond acceptors (Lipinski definition) is 4. The van der Waals surface area contributed by atoms with E-state index >= 15 is 0 Å². The fourth-order valence-electron chi connectivity index (χ4n) is 1.56. The van der Waals surface area contributed by atoms with Crippen molar-refractivity contribution in [2.75, 3.05) is 26.3 Å². The summed E-state index contributed by atoms with van der Waals surface area (Å²) in [4.78, 5) is 12.9. The Morgan fingerprint density at radius 3 is 2.62 bits per heavy atom. The lowest BCUT2D eigenvalue weighted by molar-refractivity contribution is -0.170. The molecule has 1 saturated heterocycles. The molecule has 1 rings (SSSR count). The minimum atomic E-state index is -2.32. The smallest absolute Gasteiger partial charge is 0.328 e. The number of nitrogens with zero attached hydrogens (tertiary/aromatic N) is 1. The minimum absolute atomic E-state index is 0.274. The largest absolute Gasteiger partial charge is 0.594 e. The Kier molecular flexibility index (Phi) is 4.81. The van der Waals surface area contributed by atoms with Gasteiger partial charge in [0.25, 0.3) is 0 Å². The van der Waals surface area contributed by atoms with Crippen molar-refractivity contribution in [1.29, 1.82) is 0 Å². The van der Waals surface area contributed by atoms with Gasteiger partial charge in [0.15, 0.2) is 0 Å². The molecular weight excluding hydrogens is 189 g/mol. The minimum Gasteiger partial charge on any atom is -0.594 e. The van der Waals surface area contributed by atoms with E-state index in [4.69, 9.17) is 4.74 Å². The zero-order valence-electron chi connectivity index (χ0n) is 7.94. The quantitative estimate of drug-likeness (QED) is 0.629. The highest BCUT2D eigenvalue weighted by Gasteiger charge is 2.29. The summed E-state index contributed by atoms with van der Waals surface area (Å²) in [6, 6.07) is 0. The molecule has 0 aliphatic carbocycles. The molecule has 5 heteroatoms. The molecule has 0 saturated carbocycles. The van der Waals surface area contributed by atoms with Crippen LogP contribution in [0.4, 0.5) is 0 Å². The second-order valence-electron chi connectivity index (χ2n) is 3.20. The van der Waals surface area contributed by atoms with Crippen LogP contribution < -0.4 is 4.89 Å². The molecule has 1 aliphatic rings. The SMILES string of the molecule is CCCC(N1CCOCC1)[P+](=O)[O-]. The highest BCUT2D eigenvalue weighted by Crippen LogP contribution is 2.26. The van der Waals surface area contributed by atoms with Crippen LogP contribution in [0.15, 0.2) is 0 Å². The average molecular weight is 205 g/mol. The van der Waals surface area contributed by atoms with E-state index in [1.807, 2.05) is 11.8 Å². The van der Waals surface area contributed by atoms with Gasteiger partial charge in [-0.15, -0.1) is 0 Å². The van der Waals surface area contributed by atoms with Crippen LogP contribution >= 0.6 is 8.03 Å². The van der Waals surface area contributed by atoms with Gasteiger partial charge < -0.3 is 9.63 Å². The molecule has 2 unspecified atom stereocenters. The first-order chi connectivity index (χ1) is 6.25. The Labute approximate surface area is 79.7 Å². The second-order valence-corrected chi connectivity index (χ2v) is 4.37. The van der Waals surface area contributed by atoms with E-state index in [9.17, 15) is 9.46 Å². The number of morpholine rings is 1. The fourth-order valence-corrected chi connectivity index (χ4v) is 2.52. The molecule has 0 aromatic rings. The Hall–Kier alpha value is -0.0200. The van der Waals surface area contributed by atoms with Crippen molar-refractivity contribution in [3.05, 3.63) is 0 Å². The van der Waals surface area contributed by atoms with Crippen LogP contribution in [0, 0.1) is 0 Å². The topological polar surface area (TPSA) is 52.6 Å². The Bertz CT molecular complexity index is 171. The lowest BCUT2D eigenvalue weighted by atomic mass is 10.3. The van der Waals surface area contributed by atoms with Crippen LogP contribution in [-0.2, 0) is 9.30 Å². The molecule has 0 aromatic carbocycles. The Balaban J connectivity index is 2.46. The van der Waals surface area contributed by atoms with Crippen molar-refractivity contribution in [3.8, 4) is 0 Å². The number of hydrogen-bond donors (Lipinski definition) is 0. The fraction of sp³-hybridized carbons (Fsp3) is 1.00. The third-order valence-corrected chi connectivity index (χ3v) is 3.33. The van der Waals surface area contributed by atoms with Gasteiger partial charge in [0.05, 0.1) is 13.2 Å². The zero-order chi connectivity index (χ0) is 9.68. The van der Waals surface area contributed by atoms with Crippen LogP contribution in [0.3, 0.4) is 0 Å². The van der Waals surface area contributed by atoms with E-state index in [2.05, 4.69) is 0 Å². The summed E-state index contributed by atoms with van der Waals surface area (Å²) in [5, 5.41) is 0. The van der Waals surface area contributed by atoms with Crippen LogP contribution in [-0.4, -0.2) is 37.0 Å². The van der Waals surface area contributed by atoms with Gasteiger partial charge in [-0.2, -0.15) is 0 Å². The Morgan fingerprint density at radius 2 is 2.15 bits per heavy atom. The van der Waals surface area contributed by atoms with Crippen molar-refractivity contribution >= 4 is 8.03 Å². The Morgan fingerprint density at radius 1 is 1.54 bits per heavy atom. The van der Waals surface area contributed by atoms with Gasteiger partial charge in [0.2, 0.25) is 5.78 Å². The molecule has 2 atom stereocenters. The summed E-state index contributed by atoms with van der Waals surface area (Å²) in [6.07, 6.45) is 1.64. The van der Waals surface area contributed by atoms with E-state index in [0.717, 1.165) is 25.9 Å². The first-order valence-electron chi connectivity index (χ1n) is 4.71. The van der Waals surface area contributed by atoms with Crippen molar-refractivity contribution in [2.24, 2.45) is 0 Å². The summed E-state index contributed by atoms with van der Waals surface area (Å²) >= 11 is 0. The first kappa shape index (κ1) is 11.1. The second kappa shape index (κ2) is 5.66. The monoisotopic (exact) mass is 205 g/mol. The first-order valence-corrected chi connectivity index (χ1v) is 5.95. The molecular formula is C8H16NO3P. The maximum absolute atomic E-state index is 10.9. The van der Waals surface area contributed by atoms with E-state index in [1.54, 1.807) is 0 Å². The van der Waals surface area contributed by atoms with Gasteiger partial charge >= 0.3 is 8.03 Å². The molecule has 0 N–H and O–H groups in total. The van der Waals surface area contributed by atoms with E-state index < -0.39 is 8.03 Å². The van der Waals surface area contributed by atoms with Gasteiger partial charge in [0.1, 0.15) is 0 Å².